The average Bonchev–Trinajstić information content (AvgIpc) is 3.28. The van der Waals surface area contributed by atoms with Gasteiger partial charge in [-0.25, -0.2) is 0 Å². The summed E-state index contributed by atoms with van der Waals surface area (Å²) in [5.41, 5.74) is -1.49. The number of nitrogens with one attached hydrogen (secondary N) is 1. The molecule has 1 N–H and O–H groups in total. The summed E-state index contributed by atoms with van der Waals surface area (Å²) in [6, 6.07) is 7.41. The van der Waals surface area contributed by atoms with Crippen molar-refractivity contribution in [3.05, 3.63) is 65.0 Å². The van der Waals surface area contributed by atoms with Crippen molar-refractivity contribution in [1.29, 1.82) is 0 Å². The van der Waals surface area contributed by atoms with E-state index in [0.29, 0.717) is 18.0 Å². The van der Waals surface area contributed by atoms with Gasteiger partial charge in [0, 0.05) is 12.1 Å². The van der Waals surface area contributed by atoms with Crippen molar-refractivity contribution in [3.63, 3.8) is 0 Å². The second kappa shape index (κ2) is 9.05. The molecule has 3 aromatic rings. The highest BCUT2D eigenvalue weighted by atomic mass is 19.4. The zero-order valence-electron chi connectivity index (χ0n) is 17.1. The average molecular weight is 471 g/mol. The van der Waals surface area contributed by atoms with Crippen LogP contribution in [0.25, 0.3) is 11.4 Å². The number of hydrogen-bond acceptors (Lipinski definition) is 5. The first-order valence-electron chi connectivity index (χ1n) is 10.2. The normalized spacial score (nSPS) is 17.2. The van der Waals surface area contributed by atoms with E-state index in [-0.39, 0.29) is 23.9 Å². The van der Waals surface area contributed by atoms with E-state index in [1.54, 1.807) is 0 Å². The van der Waals surface area contributed by atoms with Crippen molar-refractivity contribution in [2.45, 2.75) is 37.7 Å². The molecule has 1 aromatic heterocycles. The minimum Gasteiger partial charge on any atom is -0.488 e. The molecule has 1 atom stereocenters. The quantitative estimate of drug-likeness (QED) is 0.475. The molecule has 0 bridgehead atoms. The Bertz CT molecular complexity index is 1090. The van der Waals surface area contributed by atoms with Gasteiger partial charge in [-0.05, 0) is 55.3 Å². The van der Waals surface area contributed by atoms with E-state index in [4.69, 9.17) is 9.26 Å². The first-order chi connectivity index (χ1) is 15.6. The zero-order chi connectivity index (χ0) is 23.6. The Labute approximate surface area is 184 Å². The molecule has 0 radical (unpaired) electrons. The van der Waals surface area contributed by atoms with Crippen molar-refractivity contribution in [2.24, 2.45) is 0 Å². The summed E-state index contributed by atoms with van der Waals surface area (Å²) in [7, 11) is 0. The third-order valence-corrected chi connectivity index (χ3v) is 5.31. The number of ether oxygens (including phenoxy) is 1. The number of nitrogens with zero attached hydrogens (tertiary/aromatic N) is 2. The van der Waals surface area contributed by atoms with Gasteiger partial charge in [-0.2, -0.15) is 31.3 Å². The Hall–Kier alpha value is -3.08. The number of alkyl halides is 6. The van der Waals surface area contributed by atoms with E-state index in [2.05, 4.69) is 15.5 Å². The Morgan fingerprint density at radius 3 is 2.39 bits per heavy atom. The smallest absolute Gasteiger partial charge is 0.419 e. The maximum absolute atomic E-state index is 13.7. The van der Waals surface area contributed by atoms with Crippen LogP contribution in [0.2, 0.25) is 0 Å². The third kappa shape index (κ3) is 5.47. The second-order valence-electron chi connectivity index (χ2n) is 7.69. The van der Waals surface area contributed by atoms with E-state index in [0.717, 1.165) is 55.8 Å². The van der Waals surface area contributed by atoms with Crippen LogP contribution in [0.3, 0.4) is 0 Å². The van der Waals surface area contributed by atoms with Gasteiger partial charge in [0.2, 0.25) is 11.7 Å². The molecule has 1 aliphatic rings. The molecule has 0 aliphatic carbocycles. The molecule has 0 amide bonds. The summed E-state index contributed by atoms with van der Waals surface area (Å²) in [6.07, 6.45) is -7.45. The number of hydrogen-bond donors (Lipinski definition) is 1. The van der Waals surface area contributed by atoms with Crippen LogP contribution < -0.4 is 10.1 Å². The molecule has 2 heterocycles. The predicted molar refractivity (Wildman–Crippen MR) is 105 cm³/mol. The van der Waals surface area contributed by atoms with Crippen LogP contribution >= 0.6 is 0 Å². The van der Waals surface area contributed by atoms with Gasteiger partial charge in [-0.1, -0.05) is 17.3 Å². The topological polar surface area (TPSA) is 60.2 Å². The lowest BCUT2D eigenvalue weighted by molar-refractivity contribution is -0.139. The van der Waals surface area contributed by atoms with Crippen LogP contribution in [0.1, 0.15) is 41.3 Å². The van der Waals surface area contributed by atoms with Crippen LogP contribution in [0.15, 0.2) is 47.0 Å². The highest BCUT2D eigenvalue weighted by Gasteiger charge is 2.35. The summed E-state index contributed by atoms with van der Waals surface area (Å²) in [5, 5.41) is 7.03. The first kappa shape index (κ1) is 23.1. The van der Waals surface area contributed by atoms with E-state index in [1.807, 2.05) is 0 Å². The Kier molecular flexibility index (Phi) is 6.33. The van der Waals surface area contributed by atoms with Gasteiger partial charge in [0.25, 0.3) is 0 Å². The molecule has 1 saturated heterocycles. The Morgan fingerprint density at radius 1 is 1.00 bits per heavy atom. The van der Waals surface area contributed by atoms with Crippen LogP contribution in [0.4, 0.5) is 26.3 Å². The standard InChI is InChI=1S/C22H19F6N3O2/c23-21(24,25)16-6-3-13(4-7-16)12-32-18-8-5-14(10-17(18)22(26,27)28)19-30-20(33-31-19)15-2-1-9-29-11-15/h3-8,10,15,29H,1-2,9,11-12H2. The molecule has 176 valence electrons. The van der Waals surface area contributed by atoms with Gasteiger partial charge in [0.15, 0.2) is 0 Å². The number of aromatic nitrogens is 2. The molecule has 0 spiro atoms. The molecule has 2 aromatic carbocycles. The number of rotatable bonds is 5. The monoisotopic (exact) mass is 471 g/mol. The largest absolute Gasteiger partial charge is 0.488 e. The number of halogens is 6. The minimum atomic E-state index is -4.73. The molecular formula is C22H19F6N3O2. The van der Waals surface area contributed by atoms with Crippen LogP contribution in [-0.2, 0) is 19.0 Å². The minimum absolute atomic E-state index is 0.00780. The fourth-order valence-corrected chi connectivity index (χ4v) is 3.55. The highest BCUT2D eigenvalue weighted by molar-refractivity contribution is 5.59. The van der Waals surface area contributed by atoms with E-state index >= 15 is 0 Å². The number of benzene rings is 2. The van der Waals surface area contributed by atoms with Crippen molar-refractivity contribution < 1.29 is 35.6 Å². The van der Waals surface area contributed by atoms with Crippen molar-refractivity contribution in [1.82, 2.24) is 15.5 Å². The maximum Gasteiger partial charge on any atom is 0.419 e. The lowest BCUT2D eigenvalue weighted by Gasteiger charge is -2.18. The molecule has 1 aliphatic heterocycles. The Balaban J connectivity index is 1.53. The van der Waals surface area contributed by atoms with Gasteiger partial charge in [-0.15, -0.1) is 0 Å². The molecular weight excluding hydrogens is 452 g/mol. The third-order valence-electron chi connectivity index (χ3n) is 5.31. The molecule has 1 fully saturated rings. The van der Waals surface area contributed by atoms with Crippen LogP contribution in [-0.4, -0.2) is 23.2 Å². The summed E-state index contributed by atoms with van der Waals surface area (Å²) >= 11 is 0. The van der Waals surface area contributed by atoms with E-state index < -0.39 is 29.2 Å². The molecule has 4 rings (SSSR count). The molecule has 0 saturated carbocycles. The summed E-state index contributed by atoms with van der Waals surface area (Å²) in [4.78, 5) is 4.26. The summed E-state index contributed by atoms with van der Waals surface area (Å²) in [6.45, 7) is 1.22. The number of piperidine rings is 1. The van der Waals surface area contributed by atoms with Crippen LogP contribution in [0, 0.1) is 0 Å². The zero-order valence-corrected chi connectivity index (χ0v) is 17.1. The van der Waals surface area contributed by atoms with Gasteiger partial charge < -0.3 is 14.6 Å². The second-order valence-corrected chi connectivity index (χ2v) is 7.69. The van der Waals surface area contributed by atoms with Crippen LogP contribution in [0.5, 0.6) is 5.75 Å². The lowest BCUT2D eigenvalue weighted by atomic mass is 10.00. The van der Waals surface area contributed by atoms with Gasteiger partial charge >= 0.3 is 12.4 Å². The highest BCUT2D eigenvalue weighted by Crippen LogP contribution is 2.39. The first-order valence-corrected chi connectivity index (χ1v) is 10.2. The molecule has 11 heteroatoms. The van der Waals surface area contributed by atoms with Crippen molar-refractivity contribution >= 4 is 0 Å². The Morgan fingerprint density at radius 2 is 1.76 bits per heavy atom. The fraction of sp³-hybridized carbons (Fsp3) is 0.364. The van der Waals surface area contributed by atoms with Crippen molar-refractivity contribution in [2.75, 3.05) is 13.1 Å². The van der Waals surface area contributed by atoms with Gasteiger partial charge in [0.1, 0.15) is 12.4 Å². The summed E-state index contributed by atoms with van der Waals surface area (Å²) < 4.78 is 89.6. The van der Waals surface area contributed by atoms with E-state index in [1.165, 1.54) is 6.07 Å². The maximum atomic E-state index is 13.7. The lowest BCUT2D eigenvalue weighted by Crippen LogP contribution is -2.28. The van der Waals surface area contributed by atoms with Gasteiger partial charge in [-0.3, -0.25) is 0 Å². The molecule has 33 heavy (non-hydrogen) atoms. The predicted octanol–water partition coefficient (Wildman–Crippen LogP) is 5.82. The van der Waals surface area contributed by atoms with E-state index in [9.17, 15) is 26.3 Å². The SMILES string of the molecule is FC(F)(F)c1ccc(COc2ccc(-c3noc(C4CCCNC4)n3)cc2C(F)(F)F)cc1. The summed E-state index contributed by atoms with van der Waals surface area (Å²) in [5.74, 6) is -0.0384. The van der Waals surface area contributed by atoms with Gasteiger partial charge in [0.05, 0.1) is 17.0 Å². The molecule has 5 nitrogen and oxygen atoms in total. The van der Waals surface area contributed by atoms with Crippen molar-refractivity contribution in [3.8, 4) is 17.1 Å². The fourth-order valence-electron chi connectivity index (χ4n) is 3.55. The molecule has 1 unspecified atom stereocenters.